The molecule has 0 aliphatic heterocycles. The lowest BCUT2D eigenvalue weighted by atomic mass is 9.99. The van der Waals surface area contributed by atoms with Crippen molar-refractivity contribution in [1.82, 2.24) is 0 Å². The Morgan fingerprint density at radius 1 is 1.33 bits per heavy atom. The Balaban J connectivity index is 3.18. The van der Waals surface area contributed by atoms with Gasteiger partial charge in [0.2, 0.25) is 0 Å². The SMILES string of the molecule is COC(=O)c1cc(CCOC(C)C)c(C(F)(F)F)cc1N. The summed E-state index contributed by atoms with van der Waals surface area (Å²) in [6.07, 6.45) is -4.61. The van der Waals surface area contributed by atoms with Crippen LogP contribution in [0.2, 0.25) is 0 Å². The van der Waals surface area contributed by atoms with Crippen LogP contribution in [-0.4, -0.2) is 25.8 Å². The number of ether oxygens (including phenoxy) is 2. The van der Waals surface area contributed by atoms with Crippen LogP contribution in [0.15, 0.2) is 12.1 Å². The molecule has 0 radical (unpaired) electrons. The van der Waals surface area contributed by atoms with E-state index in [-0.39, 0.29) is 35.9 Å². The number of rotatable bonds is 5. The highest BCUT2D eigenvalue weighted by molar-refractivity contribution is 5.95. The van der Waals surface area contributed by atoms with E-state index in [9.17, 15) is 18.0 Å². The quantitative estimate of drug-likeness (QED) is 0.671. The predicted octanol–water partition coefficient (Wildman–Crippen LogP) is 3.04. The number of esters is 1. The molecule has 0 spiro atoms. The van der Waals surface area contributed by atoms with Crippen LogP contribution in [0.5, 0.6) is 0 Å². The van der Waals surface area contributed by atoms with E-state index >= 15 is 0 Å². The lowest BCUT2D eigenvalue weighted by Gasteiger charge is -2.16. The Labute approximate surface area is 121 Å². The van der Waals surface area contributed by atoms with Gasteiger partial charge in [-0.3, -0.25) is 0 Å². The Morgan fingerprint density at radius 2 is 1.95 bits per heavy atom. The van der Waals surface area contributed by atoms with Gasteiger partial charge >= 0.3 is 12.1 Å². The monoisotopic (exact) mass is 305 g/mol. The van der Waals surface area contributed by atoms with E-state index in [1.807, 2.05) is 0 Å². The molecule has 0 heterocycles. The molecular weight excluding hydrogens is 287 g/mol. The average Bonchev–Trinajstić information content (AvgIpc) is 2.37. The summed E-state index contributed by atoms with van der Waals surface area (Å²) in [5.41, 5.74) is 4.26. The second-order valence-electron chi connectivity index (χ2n) is 4.76. The fourth-order valence-electron chi connectivity index (χ4n) is 1.82. The van der Waals surface area contributed by atoms with Crippen molar-refractivity contribution in [3.8, 4) is 0 Å². The summed E-state index contributed by atoms with van der Waals surface area (Å²) in [6, 6.07) is 1.88. The Morgan fingerprint density at radius 3 is 2.43 bits per heavy atom. The number of halogens is 3. The highest BCUT2D eigenvalue weighted by atomic mass is 19.4. The molecule has 0 bridgehead atoms. The van der Waals surface area contributed by atoms with Gasteiger partial charge in [-0.1, -0.05) is 0 Å². The van der Waals surface area contributed by atoms with Crippen molar-refractivity contribution in [3.63, 3.8) is 0 Å². The van der Waals surface area contributed by atoms with Crippen molar-refractivity contribution in [2.75, 3.05) is 19.5 Å². The number of carbonyl (C=O) groups excluding carboxylic acids is 1. The van der Waals surface area contributed by atoms with Crippen LogP contribution in [-0.2, 0) is 22.1 Å². The average molecular weight is 305 g/mol. The molecule has 7 heteroatoms. The van der Waals surface area contributed by atoms with Crippen LogP contribution in [0, 0.1) is 0 Å². The minimum atomic E-state index is -4.55. The van der Waals surface area contributed by atoms with E-state index in [4.69, 9.17) is 10.5 Å². The highest BCUT2D eigenvalue weighted by Crippen LogP contribution is 2.35. The summed E-state index contributed by atoms with van der Waals surface area (Å²) in [6.45, 7) is 3.69. The van der Waals surface area contributed by atoms with Crippen LogP contribution in [0.1, 0.15) is 35.3 Å². The minimum Gasteiger partial charge on any atom is -0.465 e. The van der Waals surface area contributed by atoms with Gasteiger partial charge in [-0.05, 0) is 38.0 Å². The van der Waals surface area contributed by atoms with Crippen LogP contribution in [0.3, 0.4) is 0 Å². The van der Waals surface area contributed by atoms with Gasteiger partial charge in [-0.25, -0.2) is 4.79 Å². The molecular formula is C14H18F3NO3. The van der Waals surface area contributed by atoms with Crippen molar-refractivity contribution in [3.05, 3.63) is 28.8 Å². The zero-order valence-electron chi connectivity index (χ0n) is 12.1. The van der Waals surface area contributed by atoms with Crippen molar-refractivity contribution in [2.24, 2.45) is 0 Å². The summed E-state index contributed by atoms with van der Waals surface area (Å²) < 4.78 is 48.8. The first-order valence-corrected chi connectivity index (χ1v) is 6.36. The van der Waals surface area contributed by atoms with Gasteiger partial charge in [-0.15, -0.1) is 0 Å². The third-order valence-electron chi connectivity index (χ3n) is 2.81. The zero-order chi connectivity index (χ0) is 16.2. The Hall–Kier alpha value is -1.76. The zero-order valence-corrected chi connectivity index (χ0v) is 12.1. The highest BCUT2D eigenvalue weighted by Gasteiger charge is 2.34. The third-order valence-corrected chi connectivity index (χ3v) is 2.81. The molecule has 1 aromatic rings. The second kappa shape index (κ2) is 6.80. The lowest BCUT2D eigenvalue weighted by Crippen LogP contribution is -2.16. The van der Waals surface area contributed by atoms with E-state index in [1.54, 1.807) is 13.8 Å². The summed E-state index contributed by atoms with van der Waals surface area (Å²) in [5, 5.41) is 0. The van der Waals surface area contributed by atoms with Gasteiger partial charge in [0.25, 0.3) is 0 Å². The number of nitrogens with two attached hydrogens (primary N) is 1. The normalized spacial score (nSPS) is 11.8. The van der Waals surface area contributed by atoms with E-state index < -0.39 is 17.7 Å². The van der Waals surface area contributed by atoms with Crippen LogP contribution in [0.4, 0.5) is 18.9 Å². The number of hydrogen-bond acceptors (Lipinski definition) is 4. The molecule has 1 aromatic carbocycles. The van der Waals surface area contributed by atoms with E-state index in [0.29, 0.717) is 0 Å². The van der Waals surface area contributed by atoms with Gasteiger partial charge in [0, 0.05) is 5.69 Å². The molecule has 0 aromatic heterocycles. The van der Waals surface area contributed by atoms with E-state index in [1.165, 1.54) is 0 Å². The van der Waals surface area contributed by atoms with E-state index in [0.717, 1.165) is 19.2 Å². The van der Waals surface area contributed by atoms with Crippen molar-refractivity contribution >= 4 is 11.7 Å². The van der Waals surface area contributed by atoms with E-state index in [2.05, 4.69) is 4.74 Å². The van der Waals surface area contributed by atoms with Crippen LogP contribution < -0.4 is 5.73 Å². The number of carbonyl (C=O) groups is 1. The molecule has 0 saturated carbocycles. The number of hydrogen-bond donors (Lipinski definition) is 1. The standard InChI is InChI=1S/C14H18F3NO3/c1-8(2)21-5-4-9-6-10(13(19)20-3)12(18)7-11(9)14(15,16)17/h6-8H,4-5,18H2,1-3H3. The molecule has 4 nitrogen and oxygen atoms in total. The van der Waals surface area contributed by atoms with Gasteiger partial charge in [0.05, 0.1) is 30.9 Å². The largest absolute Gasteiger partial charge is 0.465 e. The molecule has 1 rings (SSSR count). The molecule has 0 fully saturated rings. The summed E-state index contributed by atoms with van der Waals surface area (Å²) >= 11 is 0. The fourth-order valence-corrected chi connectivity index (χ4v) is 1.82. The van der Waals surface area contributed by atoms with Gasteiger partial charge in [-0.2, -0.15) is 13.2 Å². The molecule has 118 valence electrons. The molecule has 0 aliphatic carbocycles. The Kier molecular flexibility index (Phi) is 5.60. The molecule has 0 saturated heterocycles. The number of nitrogen functional groups attached to an aromatic ring is 1. The number of alkyl halides is 3. The first kappa shape index (κ1) is 17.3. The number of anilines is 1. The maximum Gasteiger partial charge on any atom is 0.416 e. The second-order valence-corrected chi connectivity index (χ2v) is 4.76. The topological polar surface area (TPSA) is 61.5 Å². The van der Waals surface area contributed by atoms with Crippen molar-refractivity contribution in [1.29, 1.82) is 0 Å². The first-order chi connectivity index (χ1) is 9.66. The number of benzene rings is 1. The fraction of sp³-hybridized carbons (Fsp3) is 0.500. The Bertz CT molecular complexity index is 513. The minimum absolute atomic E-state index is 0.0251. The van der Waals surface area contributed by atoms with Gasteiger partial charge in [0.15, 0.2) is 0 Å². The molecule has 2 N–H and O–H groups in total. The lowest BCUT2D eigenvalue weighted by molar-refractivity contribution is -0.138. The van der Waals surface area contributed by atoms with Crippen molar-refractivity contribution in [2.45, 2.75) is 32.5 Å². The molecule has 0 atom stereocenters. The summed E-state index contributed by atoms with van der Waals surface area (Å²) in [5.74, 6) is -0.771. The van der Waals surface area contributed by atoms with Crippen LogP contribution >= 0.6 is 0 Å². The van der Waals surface area contributed by atoms with Gasteiger partial charge < -0.3 is 15.2 Å². The molecule has 0 aliphatic rings. The van der Waals surface area contributed by atoms with Gasteiger partial charge in [0.1, 0.15) is 0 Å². The van der Waals surface area contributed by atoms with Crippen molar-refractivity contribution < 1.29 is 27.4 Å². The maximum atomic E-state index is 13.0. The molecule has 21 heavy (non-hydrogen) atoms. The molecule has 0 unspecified atom stereocenters. The summed E-state index contributed by atoms with van der Waals surface area (Å²) in [7, 11) is 1.14. The molecule has 0 amide bonds. The third kappa shape index (κ3) is 4.63. The number of methoxy groups -OCH3 is 1. The smallest absolute Gasteiger partial charge is 0.416 e. The maximum absolute atomic E-state index is 13.0. The first-order valence-electron chi connectivity index (χ1n) is 6.36. The van der Waals surface area contributed by atoms with Crippen LogP contribution in [0.25, 0.3) is 0 Å². The summed E-state index contributed by atoms with van der Waals surface area (Å²) in [4.78, 5) is 11.5. The predicted molar refractivity (Wildman–Crippen MR) is 72.0 cm³/mol.